The Morgan fingerprint density at radius 1 is 1.47 bits per heavy atom. The lowest BCUT2D eigenvalue weighted by Gasteiger charge is -2.45. The van der Waals surface area contributed by atoms with Gasteiger partial charge in [-0.3, -0.25) is 0 Å². The maximum absolute atomic E-state index is 12.4. The number of alkyl halides is 3. The van der Waals surface area contributed by atoms with Crippen LogP contribution in [0.15, 0.2) is 6.20 Å². The molecule has 2 nitrogen and oxygen atoms in total. The van der Waals surface area contributed by atoms with Crippen LogP contribution in [0.25, 0.3) is 0 Å². The van der Waals surface area contributed by atoms with E-state index in [0.29, 0.717) is 40.9 Å². The third-order valence-corrected chi connectivity index (χ3v) is 4.58. The van der Waals surface area contributed by atoms with E-state index < -0.39 is 16.8 Å². The van der Waals surface area contributed by atoms with Gasteiger partial charge >= 0.3 is 6.18 Å². The van der Waals surface area contributed by atoms with Crippen molar-refractivity contribution in [2.24, 2.45) is 11.8 Å². The van der Waals surface area contributed by atoms with Gasteiger partial charge in [0.05, 0.1) is 4.88 Å². The Morgan fingerprint density at radius 3 is 2.47 bits per heavy atom. The highest BCUT2D eigenvalue weighted by molar-refractivity contribution is 7.11. The summed E-state index contributed by atoms with van der Waals surface area (Å²) in [5, 5.41) is 9.30. The molecule has 1 heterocycles. The van der Waals surface area contributed by atoms with Crippen molar-refractivity contribution in [3.63, 3.8) is 0 Å². The highest BCUT2D eigenvalue weighted by atomic mass is 32.1. The van der Waals surface area contributed by atoms with Crippen molar-refractivity contribution in [2.75, 3.05) is 0 Å². The second-order valence-corrected chi connectivity index (χ2v) is 6.00. The lowest BCUT2D eigenvalue weighted by Crippen LogP contribution is -2.42. The highest BCUT2D eigenvalue weighted by Gasteiger charge is 2.47. The molecule has 0 atom stereocenters. The van der Waals surface area contributed by atoms with Crippen LogP contribution in [0.3, 0.4) is 0 Å². The minimum Gasteiger partial charge on any atom is -0.384 e. The minimum absolute atomic E-state index is 0.335. The minimum atomic E-state index is -4.42. The second kappa shape index (κ2) is 3.95. The molecule has 1 fully saturated rings. The molecule has 2 rings (SSSR count). The van der Waals surface area contributed by atoms with Crippen molar-refractivity contribution in [1.82, 2.24) is 4.98 Å². The molecule has 17 heavy (non-hydrogen) atoms. The molecule has 0 spiro atoms. The topological polar surface area (TPSA) is 33.1 Å². The first-order chi connectivity index (χ1) is 7.72. The van der Waals surface area contributed by atoms with Gasteiger partial charge in [0, 0.05) is 6.20 Å². The van der Waals surface area contributed by atoms with Crippen LogP contribution < -0.4 is 0 Å². The monoisotopic (exact) mass is 265 g/mol. The zero-order valence-corrected chi connectivity index (χ0v) is 10.4. The van der Waals surface area contributed by atoms with Gasteiger partial charge in [-0.05, 0) is 24.7 Å². The maximum Gasteiger partial charge on any atom is 0.443 e. The molecule has 1 aliphatic carbocycles. The normalized spacial score (nSPS) is 29.5. The van der Waals surface area contributed by atoms with E-state index in [1.807, 2.05) is 0 Å². The van der Waals surface area contributed by atoms with Gasteiger partial charge in [0.2, 0.25) is 0 Å². The molecule has 6 heteroatoms. The summed E-state index contributed by atoms with van der Waals surface area (Å²) in [4.78, 5) is 3.67. The average Bonchev–Trinajstić information content (AvgIpc) is 2.60. The van der Waals surface area contributed by atoms with E-state index in [9.17, 15) is 18.3 Å². The smallest absolute Gasteiger partial charge is 0.384 e. The van der Waals surface area contributed by atoms with Crippen LogP contribution in [-0.2, 0) is 11.8 Å². The fourth-order valence-electron chi connectivity index (χ4n) is 2.10. The first kappa shape index (κ1) is 12.8. The predicted molar refractivity (Wildman–Crippen MR) is 58.6 cm³/mol. The number of nitrogens with zero attached hydrogens (tertiary/aromatic N) is 1. The van der Waals surface area contributed by atoms with Crippen molar-refractivity contribution in [2.45, 2.75) is 38.5 Å². The van der Waals surface area contributed by atoms with E-state index in [4.69, 9.17) is 0 Å². The molecule has 0 unspecified atom stereocenters. The summed E-state index contributed by atoms with van der Waals surface area (Å²) < 4.78 is 37.1. The van der Waals surface area contributed by atoms with Gasteiger partial charge < -0.3 is 5.11 Å². The SMILES string of the molecule is CC(C)C1CC(O)(c2cnc(C(F)(F)F)s2)C1. The molecule has 1 aliphatic rings. The lowest BCUT2D eigenvalue weighted by atomic mass is 9.66. The summed E-state index contributed by atoms with van der Waals surface area (Å²) in [6, 6.07) is 0. The quantitative estimate of drug-likeness (QED) is 0.888. The van der Waals surface area contributed by atoms with Crippen LogP contribution in [-0.4, -0.2) is 10.1 Å². The number of hydrogen-bond donors (Lipinski definition) is 1. The highest BCUT2D eigenvalue weighted by Crippen LogP contribution is 2.51. The fourth-order valence-corrected chi connectivity index (χ4v) is 2.99. The van der Waals surface area contributed by atoms with Crippen LogP contribution in [0.5, 0.6) is 0 Å². The number of aliphatic hydroxyl groups is 1. The van der Waals surface area contributed by atoms with Gasteiger partial charge in [0.15, 0.2) is 5.01 Å². The molecule has 0 radical (unpaired) electrons. The number of aromatic nitrogens is 1. The maximum atomic E-state index is 12.4. The van der Waals surface area contributed by atoms with Gasteiger partial charge in [0.1, 0.15) is 5.60 Å². The molecule has 1 N–H and O–H groups in total. The number of hydrogen-bond acceptors (Lipinski definition) is 3. The zero-order chi connectivity index (χ0) is 12.8. The van der Waals surface area contributed by atoms with Crippen molar-refractivity contribution in [1.29, 1.82) is 0 Å². The fraction of sp³-hybridized carbons (Fsp3) is 0.727. The largest absolute Gasteiger partial charge is 0.443 e. The molecule has 1 aromatic heterocycles. The average molecular weight is 265 g/mol. The first-order valence-electron chi connectivity index (χ1n) is 5.48. The van der Waals surface area contributed by atoms with Crippen molar-refractivity contribution < 1.29 is 18.3 Å². The van der Waals surface area contributed by atoms with Crippen LogP contribution >= 0.6 is 11.3 Å². The second-order valence-electron chi connectivity index (χ2n) is 4.97. The van der Waals surface area contributed by atoms with Crippen LogP contribution in [0.2, 0.25) is 0 Å². The Hall–Kier alpha value is -0.620. The zero-order valence-electron chi connectivity index (χ0n) is 9.58. The van der Waals surface area contributed by atoms with Crippen molar-refractivity contribution in [3.05, 3.63) is 16.1 Å². The van der Waals surface area contributed by atoms with Gasteiger partial charge in [0.25, 0.3) is 0 Å². The summed E-state index contributed by atoms with van der Waals surface area (Å²) in [5.41, 5.74) is -1.09. The summed E-state index contributed by atoms with van der Waals surface area (Å²) in [5.74, 6) is 0.835. The Balaban J connectivity index is 2.12. The summed E-state index contributed by atoms with van der Waals surface area (Å²) in [6.07, 6.45) is -2.20. The third kappa shape index (κ3) is 2.33. The van der Waals surface area contributed by atoms with Crippen molar-refractivity contribution in [3.8, 4) is 0 Å². The summed E-state index contributed by atoms with van der Waals surface area (Å²) in [7, 11) is 0. The number of rotatable bonds is 2. The van der Waals surface area contributed by atoms with Crippen LogP contribution in [0, 0.1) is 11.8 Å². The molecule has 1 saturated carbocycles. The Labute approximate surface area is 101 Å². The molecule has 0 bridgehead atoms. The Morgan fingerprint density at radius 2 is 2.06 bits per heavy atom. The molecule has 96 valence electrons. The molecule has 0 amide bonds. The standard InChI is InChI=1S/C11H14F3NOS/c1-6(2)7-3-10(16,4-7)8-5-15-9(17-8)11(12,13)14/h5-7,16H,3-4H2,1-2H3. The first-order valence-corrected chi connectivity index (χ1v) is 6.30. The van der Waals surface area contributed by atoms with Gasteiger partial charge in [-0.1, -0.05) is 13.8 Å². The lowest BCUT2D eigenvalue weighted by molar-refractivity contribution is -0.137. The molecular formula is C11H14F3NOS. The number of halogens is 3. The van der Waals surface area contributed by atoms with E-state index in [0.717, 1.165) is 6.20 Å². The third-order valence-electron chi connectivity index (χ3n) is 3.35. The Bertz CT molecular complexity index is 407. The van der Waals surface area contributed by atoms with Gasteiger partial charge in [-0.15, -0.1) is 11.3 Å². The molecule has 1 aromatic rings. The molecule has 0 aliphatic heterocycles. The van der Waals surface area contributed by atoms with E-state index >= 15 is 0 Å². The summed E-state index contributed by atoms with van der Waals surface area (Å²) in [6.45, 7) is 4.11. The van der Waals surface area contributed by atoms with Gasteiger partial charge in [-0.25, -0.2) is 4.98 Å². The van der Waals surface area contributed by atoms with Gasteiger partial charge in [-0.2, -0.15) is 13.2 Å². The molecular weight excluding hydrogens is 251 g/mol. The van der Waals surface area contributed by atoms with E-state index in [-0.39, 0.29) is 0 Å². The van der Waals surface area contributed by atoms with Crippen molar-refractivity contribution >= 4 is 11.3 Å². The summed E-state index contributed by atoms with van der Waals surface area (Å²) >= 11 is 0.550. The van der Waals surface area contributed by atoms with E-state index in [1.54, 1.807) is 0 Å². The van der Waals surface area contributed by atoms with E-state index in [1.165, 1.54) is 0 Å². The van der Waals surface area contributed by atoms with Crippen LogP contribution in [0.1, 0.15) is 36.6 Å². The molecule has 0 aromatic carbocycles. The van der Waals surface area contributed by atoms with Crippen LogP contribution in [0.4, 0.5) is 13.2 Å². The predicted octanol–water partition coefficient (Wildman–Crippen LogP) is 3.42. The molecule has 0 saturated heterocycles. The Kier molecular flexibility index (Phi) is 2.98. The van der Waals surface area contributed by atoms with E-state index in [2.05, 4.69) is 18.8 Å². The number of thiazole rings is 1.